The van der Waals surface area contributed by atoms with E-state index in [4.69, 9.17) is 5.73 Å². The Bertz CT molecular complexity index is 114. The number of hydrogen-bond acceptors (Lipinski definition) is 4. The van der Waals surface area contributed by atoms with E-state index in [1.807, 2.05) is 0 Å². The fourth-order valence-electron chi connectivity index (χ4n) is 0.463. The van der Waals surface area contributed by atoms with Crippen molar-refractivity contribution in [2.75, 3.05) is 7.05 Å². The summed E-state index contributed by atoms with van der Waals surface area (Å²) >= 11 is 0. The molecule has 1 atom stereocenters. The second-order valence-corrected chi connectivity index (χ2v) is 1.66. The van der Waals surface area contributed by atoms with Crippen molar-refractivity contribution in [3.05, 3.63) is 0 Å². The van der Waals surface area contributed by atoms with Gasteiger partial charge in [0.05, 0.1) is 0 Å². The van der Waals surface area contributed by atoms with E-state index in [1.54, 1.807) is 7.05 Å². The van der Waals surface area contributed by atoms with Crippen molar-refractivity contribution >= 4 is 5.91 Å². The third-order valence-electron chi connectivity index (χ3n) is 1.04. The Balaban J connectivity index is 2.56. The molecule has 5 heteroatoms. The lowest BCUT2D eigenvalue weighted by Crippen LogP contribution is -2.41. The highest BCUT2D eigenvalue weighted by Crippen LogP contribution is 1.87. The fraction of sp³-hybridized carbons (Fsp3) is 0.667. The molecule has 8 heavy (non-hydrogen) atoms. The van der Waals surface area contributed by atoms with Crippen LogP contribution in [-0.2, 0) is 4.79 Å². The summed E-state index contributed by atoms with van der Waals surface area (Å²) < 4.78 is 0. The van der Waals surface area contributed by atoms with Gasteiger partial charge in [-0.25, -0.2) is 5.01 Å². The SMILES string of the molecule is CN1NNC(=O)C1N. The molecule has 0 bridgehead atoms. The van der Waals surface area contributed by atoms with Gasteiger partial charge in [-0.1, -0.05) is 0 Å². The zero-order valence-electron chi connectivity index (χ0n) is 4.51. The average molecular weight is 116 g/mol. The summed E-state index contributed by atoms with van der Waals surface area (Å²) in [5.74, 6) is -0.201. The highest BCUT2D eigenvalue weighted by atomic mass is 16.2. The summed E-state index contributed by atoms with van der Waals surface area (Å²) in [7, 11) is 1.68. The van der Waals surface area contributed by atoms with Gasteiger partial charge >= 0.3 is 0 Å². The molecule has 1 heterocycles. The van der Waals surface area contributed by atoms with Crippen LogP contribution in [0.3, 0.4) is 0 Å². The molecule has 1 aliphatic heterocycles. The van der Waals surface area contributed by atoms with Crippen LogP contribution in [0.4, 0.5) is 0 Å². The molecule has 0 saturated carbocycles. The Morgan fingerprint density at radius 1 is 1.88 bits per heavy atom. The van der Waals surface area contributed by atoms with Crippen LogP contribution in [-0.4, -0.2) is 24.1 Å². The molecule has 5 nitrogen and oxygen atoms in total. The van der Waals surface area contributed by atoms with Gasteiger partial charge in [0.1, 0.15) is 0 Å². The number of amides is 1. The molecule has 0 spiro atoms. The molecular formula is C3H8N4O. The van der Waals surface area contributed by atoms with Crippen LogP contribution in [0.15, 0.2) is 0 Å². The first-order valence-electron chi connectivity index (χ1n) is 2.26. The van der Waals surface area contributed by atoms with Crippen molar-refractivity contribution in [3.63, 3.8) is 0 Å². The molecule has 1 fully saturated rings. The normalized spacial score (nSPS) is 30.8. The lowest BCUT2D eigenvalue weighted by Gasteiger charge is -2.07. The van der Waals surface area contributed by atoms with Crippen LogP contribution >= 0.6 is 0 Å². The molecule has 0 aromatic carbocycles. The summed E-state index contributed by atoms with van der Waals surface area (Å²) in [4.78, 5) is 10.4. The Morgan fingerprint density at radius 3 is 2.62 bits per heavy atom. The van der Waals surface area contributed by atoms with Gasteiger partial charge in [0.25, 0.3) is 5.91 Å². The van der Waals surface area contributed by atoms with Crippen molar-refractivity contribution in [2.24, 2.45) is 5.73 Å². The molecule has 0 aromatic rings. The van der Waals surface area contributed by atoms with Crippen LogP contribution < -0.4 is 16.7 Å². The van der Waals surface area contributed by atoms with Crippen molar-refractivity contribution in [1.29, 1.82) is 0 Å². The lowest BCUT2D eigenvalue weighted by molar-refractivity contribution is -0.121. The standard InChI is InChI=1S/C3H8N4O/c1-7-2(4)3(8)5-6-7/h2,6H,4H2,1H3,(H,5,8). The van der Waals surface area contributed by atoms with Gasteiger partial charge in [-0.3, -0.25) is 10.2 Å². The van der Waals surface area contributed by atoms with Crippen LogP contribution in [0.1, 0.15) is 0 Å². The van der Waals surface area contributed by atoms with E-state index in [9.17, 15) is 4.79 Å². The maximum Gasteiger partial charge on any atom is 0.268 e. The van der Waals surface area contributed by atoms with Gasteiger partial charge in [0, 0.05) is 7.05 Å². The second kappa shape index (κ2) is 1.70. The van der Waals surface area contributed by atoms with Gasteiger partial charge in [-0.2, -0.15) is 5.53 Å². The van der Waals surface area contributed by atoms with Crippen LogP contribution in [0.5, 0.6) is 0 Å². The van der Waals surface area contributed by atoms with Crippen LogP contribution in [0.2, 0.25) is 0 Å². The Hall–Kier alpha value is -0.650. The van der Waals surface area contributed by atoms with Gasteiger partial charge in [-0.05, 0) is 0 Å². The Kier molecular flexibility index (Phi) is 1.16. The maximum absolute atomic E-state index is 10.4. The first kappa shape index (κ1) is 5.49. The first-order chi connectivity index (χ1) is 3.72. The zero-order chi connectivity index (χ0) is 6.15. The third kappa shape index (κ3) is 0.664. The predicted molar refractivity (Wildman–Crippen MR) is 27.0 cm³/mol. The zero-order valence-corrected chi connectivity index (χ0v) is 4.51. The molecule has 46 valence electrons. The highest BCUT2D eigenvalue weighted by molar-refractivity contribution is 5.81. The van der Waals surface area contributed by atoms with Gasteiger partial charge in [0.2, 0.25) is 0 Å². The molecule has 1 rings (SSSR count). The molecule has 1 amide bonds. The minimum absolute atomic E-state index is 0.201. The molecule has 1 aliphatic rings. The molecule has 1 saturated heterocycles. The van der Waals surface area contributed by atoms with Crippen molar-refractivity contribution < 1.29 is 4.79 Å². The van der Waals surface area contributed by atoms with Crippen LogP contribution in [0, 0.1) is 0 Å². The van der Waals surface area contributed by atoms with Crippen molar-refractivity contribution in [1.82, 2.24) is 16.0 Å². The topological polar surface area (TPSA) is 70.4 Å². The van der Waals surface area contributed by atoms with Crippen LogP contribution in [0.25, 0.3) is 0 Å². The third-order valence-corrected chi connectivity index (χ3v) is 1.04. The van der Waals surface area contributed by atoms with E-state index < -0.39 is 6.17 Å². The molecule has 4 N–H and O–H groups in total. The number of nitrogens with one attached hydrogen (secondary N) is 2. The second-order valence-electron chi connectivity index (χ2n) is 1.66. The average Bonchev–Trinajstić information content (AvgIpc) is 1.98. The number of carbonyl (C=O) groups is 1. The number of hydrogen-bond donors (Lipinski definition) is 3. The molecule has 0 radical (unpaired) electrons. The first-order valence-corrected chi connectivity index (χ1v) is 2.26. The highest BCUT2D eigenvalue weighted by Gasteiger charge is 2.24. The summed E-state index contributed by atoms with van der Waals surface area (Å²) in [6, 6.07) is 0. The Labute approximate surface area is 46.8 Å². The molecule has 0 aliphatic carbocycles. The van der Waals surface area contributed by atoms with E-state index >= 15 is 0 Å². The summed E-state index contributed by atoms with van der Waals surface area (Å²) in [5.41, 5.74) is 10.1. The quantitative estimate of drug-likeness (QED) is 0.334. The predicted octanol–water partition coefficient (Wildman–Crippen LogP) is -2.25. The van der Waals surface area contributed by atoms with E-state index in [2.05, 4.69) is 11.0 Å². The monoisotopic (exact) mass is 116 g/mol. The van der Waals surface area contributed by atoms with Crippen molar-refractivity contribution in [2.45, 2.75) is 6.17 Å². The van der Waals surface area contributed by atoms with E-state index in [0.29, 0.717) is 0 Å². The summed E-state index contributed by atoms with van der Waals surface area (Å²) in [5, 5.41) is 1.49. The maximum atomic E-state index is 10.4. The molecule has 1 unspecified atom stereocenters. The summed E-state index contributed by atoms with van der Waals surface area (Å²) in [6.45, 7) is 0. The number of rotatable bonds is 0. The van der Waals surface area contributed by atoms with Gasteiger partial charge < -0.3 is 5.73 Å². The minimum atomic E-state index is -0.546. The smallest absolute Gasteiger partial charge is 0.268 e. The number of nitrogens with two attached hydrogens (primary N) is 1. The Morgan fingerprint density at radius 2 is 2.50 bits per heavy atom. The van der Waals surface area contributed by atoms with Gasteiger partial charge in [-0.15, -0.1) is 0 Å². The molecular weight excluding hydrogens is 108 g/mol. The van der Waals surface area contributed by atoms with E-state index in [-0.39, 0.29) is 5.91 Å². The van der Waals surface area contributed by atoms with E-state index in [1.165, 1.54) is 5.01 Å². The number of hydrazine groups is 2. The number of nitrogens with zero attached hydrogens (tertiary/aromatic N) is 1. The fourth-order valence-corrected chi connectivity index (χ4v) is 0.463. The lowest BCUT2D eigenvalue weighted by atomic mass is 10.5. The number of carbonyl (C=O) groups excluding carboxylic acids is 1. The number of likely N-dealkylation sites (N-methyl/N-ethyl adjacent to an activating group) is 1. The van der Waals surface area contributed by atoms with E-state index in [0.717, 1.165) is 0 Å². The van der Waals surface area contributed by atoms with Gasteiger partial charge in [0.15, 0.2) is 6.17 Å². The van der Waals surface area contributed by atoms with Crippen molar-refractivity contribution in [3.8, 4) is 0 Å². The largest absolute Gasteiger partial charge is 0.307 e. The molecule has 0 aromatic heterocycles. The minimum Gasteiger partial charge on any atom is -0.307 e. The summed E-state index contributed by atoms with van der Waals surface area (Å²) in [6.07, 6.45) is -0.546.